The van der Waals surface area contributed by atoms with Crippen molar-refractivity contribution >= 4 is 17.6 Å². The molecule has 0 aliphatic carbocycles. The van der Waals surface area contributed by atoms with E-state index in [0.29, 0.717) is 0 Å². The second-order valence-electron chi connectivity index (χ2n) is 4.58. The summed E-state index contributed by atoms with van der Waals surface area (Å²) in [5.41, 5.74) is 3.33. The first-order chi connectivity index (χ1) is 9.69. The summed E-state index contributed by atoms with van der Waals surface area (Å²) in [5, 5.41) is 3.33. The van der Waals surface area contributed by atoms with Gasteiger partial charge in [-0.25, -0.2) is 9.97 Å². The van der Waals surface area contributed by atoms with Gasteiger partial charge in [-0.3, -0.25) is 0 Å². The summed E-state index contributed by atoms with van der Waals surface area (Å²) in [7, 11) is 0. The average molecular weight is 287 g/mol. The van der Waals surface area contributed by atoms with Crippen LogP contribution in [0.4, 0.5) is 5.82 Å². The van der Waals surface area contributed by atoms with Crippen LogP contribution in [-0.2, 0) is 6.42 Å². The van der Waals surface area contributed by atoms with E-state index in [1.54, 1.807) is 11.8 Å². The molecule has 0 fully saturated rings. The molecule has 0 atom stereocenters. The van der Waals surface area contributed by atoms with Crippen molar-refractivity contribution in [2.75, 3.05) is 18.1 Å². The molecule has 0 spiro atoms. The van der Waals surface area contributed by atoms with Crippen molar-refractivity contribution in [2.45, 2.75) is 32.1 Å². The first kappa shape index (κ1) is 14.9. The predicted octanol–water partition coefficient (Wildman–Crippen LogP) is 4.17. The number of rotatable bonds is 5. The highest BCUT2D eigenvalue weighted by molar-refractivity contribution is 7.98. The quantitative estimate of drug-likeness (QED) is 0.838. The molecule has 4 heteroatoms. The topological polar surface area (TPSA) is 37.8 Å². The van der Waals surface area contributed by atoms with Crippen molar-refractivity contribution in [3.05, 3.63) is 35.5 Å². The normalized spacial score (nSPS) is 10.6. The van der Waals surface area contributed by atoms with Gasteiger partial charge in [0.25, 0.3) is 0 Å². The van der Waals surface area contributed by atoms with Gasteiger partial charge in [-0.1, -0.05) is 19.1 Å². The molecule has 1 aromatic heterocycles. The first-order valence-electron chi connectivity index (χ1n) is 6.95. The van der Waals surface area contributed by atoms with E-state index in [0.717, 1.165) is 41.4 Å². The van der Waals surface area contributed by atoms with Crippen LogP contribution in [0.25, 0.3) is 11.4 Å². The molecule has 1 N–H and O–H groups in total. The zero-order valence-electron chi connectivity index (χ0n) is 12.5. The number of benzene rings is 1. The Morgan fingerprint density at radius 3 is 2.35 bits per heavy atom. The van der Waals surface area contributed by atoms with Gasteiger partial charge < -0.3 is 5.32 Å². The molecule has 2 aromatic rings. The maximum Gasteiger partial charge on any atom is 0.161 e. The Bertz CT molecular complexity index is 579. The summed E-state index contributed by atoms with van der Waals surface area (Å²) >= 11 is 1.74. The van der Waals surface area contributed by atoms with Crippen LogP contribution < -0.4 is 5.32 Å². The van der Waals surface area contributed by atoms with Gasteiger partial charge in [-0.2, -0.15) is 0 Å². The van der Waals surface area contributed by atoms with Crippen molar-refractivity contribution in [2.24, 2.45) is 0 Å². The highest BCUT2D eigenvalue weighted by Gasteiger charge is 2.10. The molecule has 106 valence electrons. The average Bonchev–Trinajstić information content (AvgIpc) is 2.49. The minimum Gasteiger partial charge on any atom is -0.370 e. The van der Waals surface area contributed by atoms with Gasteiger partial charge >= 0.3 is 0 Å². The molecule has 0 unspecified atom stereocenters. The fourth-order valence-electron chi connectivity index (χ4n) is 2.12. The van der Waals surface area contributed by atoms with Crippen LogP contribution in [0.1, 0.15) is 25.1 Å². The van der Waals surface area contributed by atoms with E-state index in [1.807, 2.05) is 0 Å². The fourth-order valence-corrected chi connectivity index (χ4v) is 2.52. The van der Waals surface area contributed by atoms with Gasteiger partial charge in [0.1, 0.15) is 5.82 Å². The van der Waals surface area contributed by atoms with Crippen molar-refractivity contribution in [3.8, 4) is 11.4 Å². The van der Waals surface area contributed by atoms with Crippen LogP contribution in [0.3, 0.4) is 0 Å². The van der Waals surface area contributed by atoms with E-state index >= 15 is 0 Å². The van der Waals surface area contributed by atoms with E-state index in [4.69, 9.17) is 4.98 Å². The molecule has 0 aliphatic rings. The molecular weight excluding hydrogens is 266 g/mol. The Morgan fingerprint density at radius 1 is 1.10 bits per heavy atom. The number of thioether (sulfide) groups is 1. The summed E-state index contributed by atoms with van der Waals surface area (Å²) in [5.74, 6) is 1.75. The third kappa shape index (κ3) is 3.12. The molecule has 20 heavy (non-hydrogen) atoms. The molecular formula is C16H21N3S. The second-order valence-corrected chi connectivity index (χ2v) is 5.46. The highest BCUT2D eigenvalue weighted by Crippen LogP contribution is 2.24. The van der Waals surface area contributed by atoms with E-state index < -0.39 is 0 Å². The van der Waals surface area contributed by atoms with Crippen LogP contribution in [-0.4, -0.2) is 22.8 Å². The number of nitrogens with one attached hydrogen (secondary N) is 1. The molecule has 1 heterocycles. The van der Waals surface area contributed by atoms with Crippen molar-refractivity contribution < 1.29 is 0 Å². The Hall–Kier alpha value is -1.55. The van der Waals surface area contributed by atoms with E-state index in [9.17, 15) is 0 Å². The maximum atomic E-state index is 4.70. The van der Waals surface area contributed by atoms with Gasteiger partial charge in [0.15, 0.2) is 5.82 Å². The largest absolute Gasteiger partial charge is 0.370 e. The Labute approximate surface area is 125 Å². The fraction of sp³-hybridized carbons (Fsp3) is 0.375. The van der Waals surface area contributed by atoms with Gasteiger partial charge in [-0.15, -0.1) is 11.8 Å². The standard InChI is InChI=1S/C16H21N3S/c1-5-14-11(3)15(17-6-2)19-16(18-14)12-7-9-13(20-4)10-8-12/h7-10H,5-6H2,1-4H3,(H,17,18,19). The molecule has 0 aliphatic heterocycles. The molecule has 0 radical (unpaired) electrons. The van der Waals surface area contributed by atoms with Gasteiger partial charge in [0.2, 0.25) is 0 Å². The van der Waals surface area contributed by atoms with Crippen LogP contribution in [0.5, 0.6) is 0 Å². The van der Waals surface area contributed by atoms with Crippen molar-refractivity contribution in [1.29, 1.82) is 0 Å². The maximum absolute atomic E-state index is 4.70. The number of anilines is 1. The smallest absolute Gasteiger partial charge is 0.161 e. The van der Waals surface area contributed by atoms with E-state index in [-0.39, 0.29) is 0 Å². The lowest BCUT2D eigenvalue weighted by molar-refractivity contribution is 0.970. The molecule has 2 rings (SSSR count). The lowest BCUT2D eigenvalue weighted by Crippen LogP contribution is -2.07. The number of hydrogen-bond acceptors (Lipinski definition) is 4. The van der Waals surface area contributed by atoms with Crippen molar-refractivity contribution in [1.82, 2.24) is 9.97 Å². The lowest BCUT2D eigenvalue weighted by atomic mass is 10.1. The van der Waals surface area contributed by atoms with Crippen LogP contribution >= 0.6 is 11.8 Å². The minimum atomic E-state index is 0.802. The SMILES string of the molecule is CCNc1nc(-c2ccc(SC)cc2)nc(CC)c1C. The molecule has 1 aromatic carbocycles. The van der Waals surface area contributed by atoms with Crippen molar-refractivity contribution in [3.63, 3.8) is 0 Å². The van der Waals surface area contributed by atoms with Crippen LogP contribution in [0.2, 0.25) is 0 Å². The Morgan fingerprint density at radius 2 is 1.80 bits per heavy atom. The molecule has 0 bridgehead atoms. The monoisotopic (exact) mass is 287 g/mol. The van der Waals surface area contributed by atoms with Gasteiger partial charge in [0, 0.05) is 28.3 Å². The first-order valence-corrected chi connectivity index (χ1v) is 8.17. The predicted molar refractivity (Wildman–Crippen MR) is 87.5 cm³/mol. The van der Waals surface area contributed by atoms with Gasteiger partial charge in [-0.05, 0) is 38.7 Å². The lowest BCUT2D eigenvalue weighted by Gasteiger charge is -2.12. The number of hydrogen-bond donors (Lipinski definition) is 1. The third-order valence-corrected chi connectivity index (χ3v) is 4.02. The summed E-state index contributed by atoms with van der Waals surface area (Å²) in [6, 6.07) is 8.40. The molecule has 0 saturated heterocycles. The minimum absolute atomic E-state index is 0.802. The summed E-state index contributed by atoms with van der Waals surface area (Å²) in [4.78, 5) is 10.6. The number of aromatic nitrogens is 2. The van der Waals surface area contributed by atoms with E-state index in [2.05, 4.69) is 61.6 Å². The molecule has 3 nitrogen and oxygen atoms in total. The zero-order valence-corrected chi connectivity index (χ0v) is 13.3. The molecule has 0 amide bonds. The Balaban J connectivity index is 2.46. The summed E-state index contributed by atoms with van der Waals surface area (Å²) < 4.78 is 0. The third-order valence-electron chi connectivity index (χ3n) is 3.27. The van der Waals surface area contributed by atoms with Crippen LogP contribution in [0, 0.1) is 6.92 Å². The number of nitrogens with zero attached hydrogens (tertiary/aromatic N) is 2. The second kappa shape index (κ2) is 6.75. The molecule has 0 saturated carbocycles. The highest BCUT2D eigenvalue weighted by atomic mass is 32.2. The number of aryl methyl sites for hydroxylation is 1. The summed E-state index contributed by atoms with van der Waals surface area (Å²) in [6.45, 7) is 7.16. The Kier molecular flexibility index (Phi) is 5.01. The van der Waals surface area contributed by atoms with Crippen LogP contribution in [0.15, 0.2) is 29.2 Å². The summed E-state index contributed by atoms with van der Waals surface area (Å²) in [6.07, 6.45) is 3.00. The van der Waals surface area contributed by atoms with E-state index in [1.165, 1.54) is 4.90 Å². The zero-order chi connectivity index (χ0) is 14.5. The van der Waals surface area contributed by atoms with Gasteiger partial charge in [0.05, 0.1) is 0 Å².